The molecule has 0 aliphatic carbocycles. The number of nitrogens with zero attached hydrogens (tertiary/aromatic N) is 2. The molecule has 1 amide bonds. The quantitative estimate of drug-likeness (QED) is 0.641. The molecule has 0 bridgehead atoms. The first-order chi connectivity index (χ1) is 14.5. The zero-order chi connectivity index (χ0) is 21.3. The Labute approximate surface area is 180 Å². The Morgan fingerprint density at radius 2 is 1.93 bits per heavy atom. The number of hydrogen-bond donors (Lipinski definition) is 1. The standard InChI is InChI=1S/C23H25N3O3S/c1-5-29-18-12-11-16(13-19(18)28-4)21-20-14(2)25-26(17-9-7-6-8-10-17)22(20)24-23(27)15(3)30-21/h6-13,15,21H,5H2,1-4H3,(H,24,27)/t15-,21-/m1/s1. The summed E-state index contributed by atoms with van der Waals surface area (Å²) in [6, 6.07) is 15.8. The molecular weight excluding hydrogens is 398 g/mol. The number of carbonyl (C=O) groups excluding carboxylic acids is 1. The Hall–Kier alpha value is -2.93. The van der Waals surface area contributed by atoms with E-state index in [-0.39, 0.29) is 16.4 Å². The van der Waals surface area contributed by atoms with Crippen molar-refractivity contribution in [3.63, 3.8) is 0 Å². The lowest BCUT2D eigenvalue weighted by Gasteiger charge is -2.19. The summed E-state index contributed by atoms with van der Waals surface area (Å²) < 4.78 is 13.1. The second-order valence-electron chi connectivity index (χ2n) is 7.09. The molecule has 2 aromatic carbocycles. The predicted octanol–water partition coefficient (Wildman–Crippen LogP) is 4.75. The molecule has 3 aromatic rings. The fourth-order valence-electron chi connectivity index (χ4n) is 3.65. The van der Waals surface area contributed by atoms with Crippen LogP contribution in [0.1, 0.15) is 35.9 Å². The van der Waals surface area contributed by atoms with Crippen LogP contribution >= 0.6 is 11.8 Å². The minimum absolute atomic E-state index is 0.0290. The Balaban J connectivity index is 1.87. The molecule has 7 heteroatoms. The summed E-state index contributed by atoms with van der Waals surface area (Å²) >= 11 is 1.61. The fourth-order valence-corrected chi connectivity index (χ4v) is 4.96. The molecular formula is C23H25N3O3S. The van der Waals surface area contributed by atoms with Crippen LogP contribution < -0.4 is 14.8 Å². The van der Waals surface area contributed by atoms with Crippen molar-refractivity contribution in [3.8, 4) is 17.2 Å². The lowest BCUT2D eigenvalue weighted by molar-refractivity contribution is -0.115. The van der Waals surface area contributed by atoms with Gasteiger partial charge in [-0.2, -0.15) is 5.10 Å². The molecule has 0 saturated heterocycles. The van der Waals surface area contributed by atoms with Crippen LogP contribution in [0.2, 0.25) is 0 Å². The van der Waals surface area contributed by atoms with Crippen molar-refractivity contribution in [2.75, 3.05) is 19.0 Å². The van der Waals surface area contributed by atoms with Crippen LogP contribution in [0.4, 0.5) is 5.82 Å². The van der Waals surface area contributed by atoms with Gasteiger partial charge in [0.15, 0.2) is 11.5 Å². The number of ether oxygens (including phenoxy) is 2. The highest BCUT2D eigenvalue weighted by Gasteiger charge is 2.34. The van der Waals surface area contributed by atoms with Gasteiger partial charge in [0.05, 0.1) is 35.6 Å². The van der Waals surface area contributed by atoms with Gasteiger partial charge in [-0.05, 0) is 50.6 Å². The molecule has 0 fully saturated rings. The molecule has 2 atom stereocenters. The lowest BCUT2D eigenvalue weighted by Crippen LogP contribution is -2.22. The molecule has 4 rings (SSSR count). The normalized spacial score (nSPS) is 18.3. The van der Waals surface area contributed by atoms with E-state index in [1.54, 1.807) is 18.9 Å². The van der Waals surface area contributed by atoms with Crippen molar-refractivity contribution < 1.29 is 14.3 Å². The first-order valence-electron chi connectivity index (χ1n) is 9.95. The Bertz CT molecular complexity index is 1070. The van der Waals surface area contributed by atoms with E-state index < -0.39 is 0 Å². The average molecular weight is 424 g/mol. The van der Waals surface area contributed by atoms with Gasteiger partial charge in [-0.15, -0.1) is 11.8 Å². The minimum Gasteiger partial charge on any atom is -0.493 e. The zero-order valence-electron chi connectivity index (χ0n) is 17.5. The van der Waals surface area contributed by atoms with Gasteiger partial charge in [-0.1, -0.05) is 24.3 Å². The topological polar surface area (TPSA) is 65.4 Å². The van der Waals surface area contributed by atoms with Crippen LogP contribution in [0.5, 0.6) is 11.5 Å². The maximum Gasteiger partial charge on any atom is 0.238 e. The summed E-state index contributed by atoms with van der Waals surface area (Å²) in [6.07, 6.45) is 0. The third-order valence-electron chi connectivity index (χ3n) is 5.11. The number of nitrogens with one attached hydrogen (secondary N) is 1. The monoisotopic (exact) mass is 423 g/mol. The molecule has 0 saturated carbocycles. The number of fused-ring (bicyclic) bond motifs is 1. The van der Waals surface area contributed by atoms with Gasteiger partial charge in [-0.25, -0.2) is 4.68 Å². The van der Waals surface area contributed by atoms with Gasteiger partial charge >= 0.3 is 0 Å². The van der Waals surface area contributed by atoms with Crippen molar-refractivity contribution in [1.82, 2.24) is 9.78 Å². The Kier molecular flexibility index (Phi) is 5.72. The number of para-hydroxylation sites is 1. The molecule has 0 spiro atoms. The van der Waals surface area contributed by atoms with Crippen molar-refractivity contribution in [2.45, 2.75) is 31.3 Å². The second kappa shape index (κ2) is 8.44. The highest BCUT2D eigenvalue weighted by atomic mass is 32.2. The average Bonchev–Trinajstić information content (AvgIpc) is 3.01. The molecule has 0 unspecified atom stereocenters. The fraction of sp³-hybridized carbons (Fsp3) is 0.304. The number of hydrogen-bond acceptors (Lipinski definition) is 5. The maximum atomic E-state index is 12.8. The van der Waals surface area contributed by atoms with E-state index in [9.17, 15) is 4.79 Å². The van der Waals surface area contributed by atoms with Crippen LogP contribution in [0, 0.1) is 6.92 Å². The van der Waals surface area contributed by atoms with Gasteiger partial charge in [0, 0.05) is 5.56 Å². The molecule has 0 radical (unpaired) electrons. The number of amides is 1. The van der Waals surface area contributed by atoms with E-state index in [1.165, 1.54) is 0 Å². The summed E-state index contributed by atoms with van der Waals surface area (Å²) in [7, 11) is 1.64. The van der Waals surface area contributed by atoms with Crippen molar-refractivity contribution in [2.24, 2.45) is 0 Å². The molecule has 1 aliphatic heterocycles. The minimum atomic E-state index is -0.219. The van der Waals surface area contributed by atoms with E-state index in [0.29, 0.717) is 18.1 Å². The van der Waals surface area contributed by atoms with Crippen LogP contribution in [-0.2, 0) is 4.79 Å². The van der Waals surface area contributed by atoms with Crippen molar-refractivity contribution in [3.05, 3.63) is 65.4 Å². The number of anilines is 1. The number of aromatic nitrogens is 2. The number of carbonyl (C=O) groups is 1. The SMILES string of the molecule is CCOc1ccc([C@H]2S[C@H](C)C(=O)Nc3c2c(C)nn3-c2ccccc2)cc1OC. The number of rotatable bonds is 5. The van der Waals surface area contributed by atoms with Gasteiger partial charge in [0.2, 0.25) is 5.91 Å². The van der Waals surface area contributed by atoms with Crippen LogP contribution in [0.25, 0.3) is 5.69 Å². The first-order valence-corrected chi connectivity index (χ1v) is 10.9. The van der Waals surface area contributed by atoms with Crippen molar-refractivity contribution >= 4 is 23.5 Å². The molecule has 2 heterocycles. The second-order valence-corrected chi connectivity index (χ2v) is 8.54. The van der Waals surface area contributed by atoms with E-state index in [2.05, 4.69) is 5.32 Å². The summed E-state index contributed by atoms with van der Waals surface area (Å²) in [5.41, 5.74) is 3.84. The number of thioether (sulfide) groups is 1. The zero-order valence-corrected chi connectivity index (χ0v) is 18.3. The van der Waals surface area contributed by atoms with E-state index >= 15 is 0 Å². The number of methoxy groups -OCH3 is 1. The predicted molar refractivity (Wildman–Crippen MR) is 120 cm³/mol. The van der Waals surface area contributed by atoms with Gasteiger partial charge < -0.3 is 14.8 Å². The van der Waals surface area contributed by atoms with Crippen LogP contribution in [0.3, 0.4) is 0 Å². The van der Waals surface area contributed by atoms with Gasteiger partial charge in [0.25, 0.3) is 0 Å². The smallest absolute Gasteiger partial charge is 0.238 e. The van der Waals surface area contributed by atoms with E-state index in [0.717, 1.165) is 28.3 Å². The summed E-state index contributed by atoms with van der Waals surface area (Å²) in [5, 5.41) is 7.57. The summed E-state index contributed by atoms with van der Waals surface area (Å²) in [4.78, 5) is 12.8. The Morgan fingerprint density at radius 3 is 2.63 bits per heavy atom. The molecule has 1 aliphatic rings. The molecule has 6 nitrogen and oxygen atoms in total. The first kappa shape index (κ1) is 20.3. The molecule has 1 aromatic heterocycles. The largest absolute Gasteiger partial charge is 0.493 e. The highest BCUT2D eigenvalue weighted by molar-refractivity contribution is 8.01. The molecule has 1 N–H and O–H groups in total. The van der Waals surface area contributed by atoms with E-state index in [4.69, 9.17) is 14.6 Å². The number of benzene rings is 2. The van der Waals surface area contributed by atoms with Gasteiger partial charge in [-0.3, -0.25) is 4.79 Å². The van der Waals surface area contributed by atoms with Crippen molar-refractivity contribution in [1.29, 1.82) is 0 Å². The third-order valence-corrected chi connectivity index (χ3v) is 6.51. The molecule has 30 heavy (non-hydrogen) atoms. The molecule has 156 valence electrons. The highest BCUT2D eigenvalue weighted by Crippen LogP contribution is 2.47. The van der Waals surface area contributed by atoms with Crippen LogP contribution in [-0.4, -0.2) is 34.7 Å². The van der Waals surface area contributed by atoms with E-state index in [1.807, 2.05) is 74.0 Å². The number of aryl methyl sites for hydroxylation is 1. The van der Waals surface area contributed by atoms with Crippen LogP contribution in [0.15, 0.2) is 48.5 Å². The summed E-state index contributed by atoms with van der Waals surface area (Å²) in [6.45, 7) is 6.43. The van der Waals surface area contributed by atoms with Gasteiger partial charge in [0.1, 0.15) is 5.82 Å². The lowest BCUT2D eigenvalue weighted by atomic mass is 10.0. The third kappa shape index (κ3) is 3.65. The Morgan fingerprint density at radius 1 is 1.17 bits per heavy atom. The summed E-state index contributed by atoms with van der Waals surface area (Å²) in [5.74, 6) is 2.08. The maximum absolute atomic E-state index is 12.8.